The van der Waals surface area contributed by atoms with Gasteiger partial charge in [0, 0.05) is 18.0 Å². The van der Waals surface area contributed by atoms with E-state index >= 15 is 0 Å². The molecule has 0 heterocycles. The Bertz CT molecular complexity index is 421. The van der Waals surface area contributed by atoms with E-state index in [1.807, 2.05) is 24.3 Å². The zero-order valence-corrected chi connectivity index (χ0v) is 12.1. The van der Waals surface area contributed by atoms with Crippen molar-refractivity contribution >= 4 is 0 Å². The molecule has 0 saturated heterocycles. The van der Waals surface area contributed by atoms with Gasteiger partial charge in [-0.15, -0.1) is 6.58 Å². The van der Waals surface area contributed by atoms with E-state index in [1.165, 1.54) is 18.4 Å². The topological polar surface area (TPSA) is 21.3 Å². The quantitative estimate of drug-likeness (QED) is 0.721. The Labute approximate surface area is 116 Å². The molecule has 1 aliphatic rings. The predicted octanol–water partition coefficient (Wildman–Crippen LogP) is 3.57. The van der Waals surface area contributed by atoms with E-state index in [0.717, 1.165) is 31.4 Å². The summed E-state index contributed by atoms with van der Waals surface area (Å²) in [5.41, 5.74) is 1.37. The van der Waals surface area contributed by atoms with Crippen molar-refractivity contribution in [3.8, 4) is 5.75 Å². The summed E-state index contributed by atoms with van der Waals surface area (Å²) < 4.78 is 6.02. The van der Waals surface area contributed by atoms with Crippen molar-refractivity contribution in [1.29, 1.82) is 0 Å². The minimum absolute atomic E-state index is 0.157. The van der Waals surface area contributed by atoms with Crippen molar-refractivity contribution in [1.82, 2.24) is 5.32 Å². The van der Waals surface area contributed by atoms with Crippen LogP contribution in [0.2, 0.25) is 0 Å². The Kier molecular flexibility index (Phi) is 4.65. The first-order valence-electron chi connectivity index (χ1n) is 7.16. The first kappa shape index (κ1) is 14.1. The Morgan fingerprint density at radius 1 is 1.37 bits per heavy atom. The average molecular weight is 259 g/mol. The number of rotatable bonds is 8. The van der Waals surface area contributed by atoms with Gasteiger partial charge in [-0.05, 0) is 30.9 Å². The SMILES string of the molecule is C=CCc1ccccc1OCC(C)(C)CNC1CC1. The smallest absolute Gasteiger partial charge is 0.122 e. The first-order chi connectivity index (χ1) is 9.11. The van der Waals surface area contributed by atoms with Gasteiger partial charge < -0.3 is 10.1 Å². The lowest BCUT2D eigenvalue weighted by atomic mass is 9.94. The third-order valence-electron chi connectivity index (χ3n) is 3.40. The van der Waals surface area contributed by atoms with Crippen molar-refractivity contribution in [2.45, 2.75) is 39.2 Å². The zero-order chi connectivity index (χ0) is 13.7. The maximum atomic E-state index is 6.02. The van der Waals surface area contributed by atoms with Gasteiger partial charge in [-0.3, -0.25) is 0 Å². The summed E-state index contributed by atoms with van der Waals surface area (Å²) in [5, 5.41) is 3.58. The van der Waals surface area contributed by atoms with E-state index < -0.39 is 0 Å². The van der Waals surface area contributed by atoms with Crippen LogP contribution in [0.5, 0.6) is 5.75 Å². The Morgan fingerprint density at radius 3 is 2.79 bits per heavy atom. The maximum absolute atomic E-state index is 6.02. The molecule has 1 saturated carbocycles. The van der Waals surface area contributed by atoms with Gasteiger partial charge in [-0.25, -0.2) is 0 Å². The van der Waals surface area contributed by atoms with Gasteiger partial charge in [-0.1, -0.05) is 38.1 Å². The molecule has 0 radical (unpaired) electrons. The molecule has 1 aromatic carbocycles. The van der Waals surface area contributed by atoms with Gasteiger partial charge >= 0.3 is 0 Å². The fraction of sp³-hybridized carbons (Fsp3) is 0.529. The van der Waals surface area contributed by atoms with E-state index in [9.17, 15) is 0 Å². The Balaban J connectivity index is 1.87. The van der Waals surface area contributed by atoms with Crippen molar-refractivity contribution in [3.05, 3.63) is 42.5 Å². The van der Waals surface area contributed by atoms with Crippen molar-refractivity contribution in [2.24, 2.45) is 5.41 Å². The molecular formula is C17H25NO. The largest absolute Gasteiger partial charge is 0.493 e. The molecule has 0 bridgehead atoms. The van der Waals surface area contributed by atoms with Crippen LogP contribution in [0.1, 0.15) is 32.3 Å². The number of ether oxygens (including phenoxy) is 1. The molecule has 2 rings (SSSR count). The Hall–Kier alpha value is -1.28. The number of hydrogen-bond donors (Lipinski definition) is 1. The Morgan fingerprint density at radius 2 is 2.11 bits per heavy atom. The maximum Gasteiger partial charge on any atom is 0.122 e. The van der Waals surface area contributed by atoms with Crippen LogP contribution in [0.4, 0.5) is 0 Å². The monoisotopic (exact) mass is 259 g/mol. The number of allylic oxidation sites excluding steroid dienone is 1. The highest BCUT2D eigenvalue weighted by Crippen LogP contribution is 2.24. The van der Waals surface area contributed by atoms with Gasteiger partial charge in [0.2, 0.25) is 0 Å². The molecule has 104 valence electrons. The van der Waals surface area contributed by atoms with Gasteiger partial charge in [-0.2, -0.15) is 0 Å². The predicted molar refractivity (Wildman–Crippen MR) is 80.6 cm³/mol. The summed E-state index contributed by atoms with van der Waals surface area (Å²) in [6.45, 7) is 10.0. The molecule has 2 heteroatoms. The molecule has 0 amide bonds. The van der Waals surface area contributed by atoms with Crippen LogP contribution >= 0.6 is 0 Å². The van der Waals surface area contributed by atoms with Crippen LogP contribution in [0.15, 0.2) is 36.9 Å². The second-order valence-corrected chi connectivity index (χ2v) is 6.21. The van der Waals surface area contributed by atoms with Gasteiger partial charge in [0.25, 0.3) is 0 Å². The number of para-hydroxylation sites is 1. The van der Waals surface area contributed by atoms with Crippen LogP contribution in [0.25, 0.3) is 0 Å². The molecule has 1 N–H and O–H groups in total. The third kappa shape index (κ3) is 4.71. The minimum atomic E-state index is 0.157. The lowest BCUT2D eigenvalue weighted by Gasteiger charge is -2.26. The van der Waals surface area contributed by atoms with Crippen LogP contribution in [-0.2, 0) is 6.42 Å². The van der Waals surface area contributed by atoms with Crippen LogP contribution < -0.4 is 10.1 Å². The van der Waals surface area contributed by atoms with E-state index in [0.29, 0.717) is 0 Å². The average Bonchev–Trinajstić information content (AvgIpc) is 3.20. The second-order valence-electron chi connectivity index (χ2n) is 6.21. The molecule has 0 atom stereocenters. The summed E-state index contributed by atoms with van der Waals surface area (Å²) in [6, 6.07) is 8.98. The highest BCUT2D eigenvalue weighted by atomic mass is 16.5. The molecule has 1 aliphatic carbocycles. The normalized spacial score (nSPS) is 15.3. The molecule has 0 aliphatic heterocycles. The van der Waals surface area contributed by atoms with Crippen molar-refractivity contribution in [2.75, 3.05) is 13.2 Å². The summed E-state index contributed by atoms with van der Waals surface area (Å²) in [5.74, 6) is 0.988. The molecule has 19 heavy (non-hydrogen) atoms. The number of nitrogens with one attached hydrogen (secondary N) is 1. The van der Waals surface area contributed by atoms with E-state index in [4.69, 9.17) is 4.74 Å². The first-order valence-corrected chi connectivity index (χ1v) is 7.16. The molecular weight excluding hydrogens is 234 g/mol. The summed E-state index contributed by atoms with van der Waals surface area (Å²) in [7, 11) is 0. The third-order valence-corrected chi connectivity index (χ3v) is 3.40. The lowest BCUT2D eigenvalue weighted by molar-refractivity contribution is 0.175. The van der Waals surface area contributed by atoms with E-state index in [2.05, 4.69) is 31.8 Å². The molecule has 0 spiro atoms. The molecule has 1 aromatic rings. The van der Waals surface area contributed by atoms with Gasteiger partial charge in [0.15, 0.2) is 0 Å². The van der Waals surface area contributed by atoms with Crippen molar-refractivity contribution < 1.29 is 4.74 Å². The second kappa shape index (κ2) is 6.25. The summed E-state index contributed by atoms with van der Waals surface area (Å²) >= 11 is 0. The zero-order valence-electron chi connectivity index (χ0n) is 12.1. The highest BCUT2D eigenvalue weighted by Gasteiger charge is 2.25. The van der Waals surface area contributed by atoms with Crippen LogP contribution in [0, 0.1) is 5.41 Å². The summed E-state index contributed by atoms with van der Waals surface area (Å²) in [4.78, 5) is 0. The highest BCUT2D eigenvalue weighted by molar-refractivity contribution is 5.34. The molecule has 2 nitrogen and oxygen atoms in total. The lowest BCUT2D eigenvalue weighted by Crippen LogP contribution is -2.35. The van der Waals surface area contributed by atoms with E-state index in [1.54, 1.807) is 0 Å². The standard InChI is InChI=1S/C17H25NO/c1-4-7-14-8-5-6-9-16(14)19-13-17(2,3)12-18-15-10-11-15/h4-6,8-9,15,18H,1,7,10-13H2,2-3H3. The summed E-state index contributed by atoms with van der Waals surface area (Å²) in [6.07, 6.45) is 5.44. The van der Waals surface area contributed by atoms with Gasteiger partial charge in [0.05, 0.1) is 6.61 Å². The molecule has 0 aromatic heterocycles. The van der Waals surface area contributed by atoms with Crippen LogP contribution in [0.3, 0.4) is 0 Å². The minimum Gasteiger partial charge on any atom is -0.493 e. The van der Waals surface area contributed by atoms with Gasteiger partial charge in [0.1, 0.15) is 5.75 Å². The fourth-order valence-corrected chi connectivity index (χ4v) is 2.00. The van der Waals surface area contributed by atoms with E-state index in [-0.39, 0.29) is 5.41 Å². The van der Waals surface area contributed by atoms with Crippen molar-refractivity contribution in [3.63, 3.8) is 0 Å². The molecule has 0 unspecified atom stereocenters. The molecule has 1 fully saturated rings. The fourth-order valence-electron chi connectivity index (χ4n) is 2.00. The number of hydrogen-bond acceptors (Lipinski definition) is 2. The van der Waals surface area contributed by atoms with Crippen LogP contribution in [-0.4, -0.2) is 19.2 Å². The number of benzene rings is 1.